The molecule has 0 spiro atoms. The van der Waals surface area contributed by atoms with Crippen LogP contribution < -0.4 is 0 Å². The summed E-state index contributed by atoms with van der Waals surface area (Å²) >= 11 is 7.83. The van der Waals surface area contributed by atoms with E-state index < -0.39 is 16.1 Å². The zero-order chi connectivity index (χ0) is 26.5. The quantitative estimate of drug-likeness (QED) is 0.474. The van der Waals surface area contributed by atoms with Crippen LogP contribution in [-0.2, 0) is 14.8 Å². The van der Waals surface area contributed by atoms with Crippen LogP contribution in [0.15, 0.2) is 41.2 Å². The second kappa shape index (κ2) is 9.79. The molecular weight excluding hydrogens is 532 g/mol. The number of thiophene rings is 1. The summed E-state index contributed by atoms with van der Waals surface area (Å²) in [6, 6.07) is 6.99. The van der Waals surface area contributed by atoms with Crippen LogP contribution in [0.5, 0.6) is 0 Å². The minimum Gasteiger partial charge on any atom is -0.340 e. The number of hydrogen-bond donors (Lipinski definition) is 0. The number of amides is 1. The second-order valence-electron chi connectivity index (χ2n) is 9.10. The molecule has 0 bridgehead atoms. The molecule has 5 rings (SSSR count). The SMILES string of the molecule is C=CS(=O)(=O)N1CCN(C(=O)C[C@@H]2N=C(c3ccc(Cl)cc3)c3c(sc(C)c3C)-n3c(C)nnc32)CC1. The molecule has 0 aliphatic carbocycles. The fourth-order valence-corrected chi connectivity index (χ4v) is 6.95. The minimum atomic E-state index is -3.50. The second-order valence-corrected chi connectivity index (χ2v) is 12.6. The van der Waals surface area contributed by atoms with E-state index in [-0.39, 0.29) is 25.4 Å². The lowest BCUT2D eigenvalue weighted by atomic mass is 9.99. The third-order valence-electron chi connectivity index (χ3n) is 6.89. The Kier molecular flexibility index (Phi) is 6.82. The van der Waals surface area contributed by atoms with Gasteiger partial charge in [0.15, 0.2) is 5.82 Å². The molecule has 1 saturated heterocycles. The number of fused-ring (bicyclic) bond motifs is 3. The van der Waals surface area contributed by atoms with Crippen molar-refractivity contribution >= 4 is 44.6 Å². The molecule has 0 radical (unpaired) electrons. The van der Waals surface area contributed by atoms with E-state index in [2.05, 4.69) is 30.6 Å². The Balaban J connectivity index is 1.52. The molecule has 194 valence electrons. The first-order chi connectivity index (χ1) is 17.6. The highest BCUT2D eigenvalue weighted by molar-refractivity contribution is 7.92. The molecule has 2 aliphatic rings. The summed E-state index contributed by atoms with van der Waals surface area (Å²) in [6.45, 7) is 10.5. The van der Waals surface area contributed by atoms with Crippen LogP contribution in [0, 0.1) is 20.8 Å². The van der Waals surface area contributed by atoms with Crippen molar-refractivity contribution in [2.45, 2.75) is 33.2 Å². The molecule has 1 atom stereocenters. The van der Waals surface area contributed by atoms with E-state index in [1.807, 2.05) is 35.8 Å². The van der Waals surface area contributed by atoms with Crippen LogP contribution in [-0.4, -0.2) is 70.2 Å². The molecule has 0 unspecified atom stereocenters. The zero-order valence-corrected chi connectivity index (χ0v) is 23.2. The van der Waals surface area contributed by atoms with E-state index in [1.54, 1.807) is 16.2 Å². The van der Waals surface area contributed by atoms with Crippen molar-refractivity contribution in [3.05, 3.63) is 74.5 Å². The number of hydrogen-bond acceptors (Lipinski definition) is 7. The lowest BCUT2D eigenvalue weighted by Gasteiger charge is -2.33. The van der Waals surface area contributed by atoms with Gasteiger partial charge in [-0.1, -0.05) is 30.3 Å². The molecular formula is C25H27ClN6O3S2. The van der Waals surface area contributed by atoms with Gasteiger partial charge in [0.25, 0.3) is 0 Å². The fourth-order valence-electron chi connectivity index (χ4n) is 4.72. The Morgan fingerprint density at radius 3 is 2.46 bits per heavy atom. The van der Waals surface area contributed by atoms with Gasteiger partial charge in [0.1, 0.15) is 16.9 Å². The third kappa shape index (κ3) is 4.65. The highest BCUT2D eigenvalue weighted by Gasteiger charge is 2.34. The minimum absolute atomic E-state index is 0.0937. The van der Waals surface area contributed by atoms with Gasteiger partial charge >= 0.3 is 0 Å². The maximum atomic E-state index is 13.4. The summed E-state index contributed by atoms with van der Waals surface area (Å²) in [5, 5.41) is 11.3. The Bertz CT molecular complexity index is 1520. The molecule has 0 N–H and O–H groups in total. The first-order valence-electron chi connectivity index (χ1n) is 11.9. The third-order valence-corrected chi connectivity index (χ3v) is 9.84. The number of halogens is 1. The maximum absolute atomic E-state index is 13.4. The van der Waals surface area contributed by atoms with Gasteiger partial charge in [0.05, 0.1) is 12.1 Å². The average molecular weight is 559 g/mol. The number of nitrogens with zero attached hydrogens (tertiary/aromatic N) is 6. The smallest absolute Gasteiger partial charge is 0.235 e. The van der Waals surface area contributed by atoms with Gasteiger partial charge in [-0.25, -0.2) is 8.42 Å². The normalized spacial score (nSPS) is 18.1. The number of rotatable bonds is 5. The van der Waals surface area contributed by atoms with Gasteiger partial charge in [0, 0.05) is 52.6 Å². The van der Waals surface area contributed by atoms with Crippen LogP contribution in [0.2, 0.25) is 5.02 Å². The molecule has 0 saturated carbocycles. The highest BCUT2D eigenvalue weighted by Crippen LogP contribution is 2.39. The van der Waals surface area contributed by atoms with Crippen LogP contribution in [0.4, 0.5) is 0 Å². The lowest BCUT2D eigenvalue weighted by Crippen LogP contribution is -2.50. The van der Waals surface area contributed by atoms with Crippen molar-refractivity contribution in [2.75, 3.05) is 26.2 Å². The van der Waals surface area contributed by atoms with Gasteiger partial charge in [-0.15, -0.1) is 21.5 Å². The predicted molar refractivity (Wildman–Crippen MR) is 145 cm³/mol. The number of carbonyl (C=O) groups is 1. The van der Waals surface area contributed by atoms with Crippen LogP contribution >= 0.6 is 22.9 Å². The fraction of sp³-hybridized carbons (Fsp3) is 0.360. The molecule has 12 heteroatoms. The number of benzene rings is 1. The number of piperazine rings is 1. The molecule has 1 amide bonds. The van der Waals surface area contributed by atoms with Gasteiger partial charge < -0.3 is 4.90 Å². The molecule has 2 aromatic heterocycles. The first-order valence-corrected chi connectivity index (χ1v) is 14.6. The van der Waals surface area contributed by atoms with Crippen molar-refractivity contribution in [1.29, 1.82) is 0 Å². The van der Waals surface area contributed by atoms with Gasteiger partial charge in [-0.2, -0.15) is 4.31 Å². The summed E-state index contributed by atoms with van der Waals surface area (Å²) < 4.78 is 27.6. The topological polar surface area (TPSA) is 101 Å². The summed E-state index contributed by atoms with van der Waals surface area (Å²) in [5.41, 5.74) is 3.83. The van der Waals surface area contributed by atoms with Crippen LogP contribution in [0.3, 0.4) is 0 Å². The van der Waals surface area contributed by atoms with E-state index in [0.29, 0.717) is 23.9 Å². The first kappa shape index (κ1) is 25.8. The summed E-state index contributed by atoms with van der Waals surface area (Å²) in [7, 11) is -3.50. The van der Waals surface area contributed by atoms with Crippen LogP contribution in [0.1, 0.15) is 45.7 Å². The van der Waals surface area contributed by atoms with Crippen molar-refractivity contribution < 1.29 is 13.2 Å². The van der Waals surface area contributed by atoms with Crippen molar-refractivity contribution in [3.63, 3.8) is 0 Å². The van der Waals surface area contributed by atoms with E-state index in [0.717, 1.165) is 38.6 Å². The summed E-state index contributed by atoms with van der Waals surface area (Å²) in [4.78, 5) is 21.4. The molecule has 37 heavy (non-hydrogen) atoms. The molecule has 9 nitrogen and oxygen atoms in total. The van der Waals surface area contributed by atoms with Gasteiger partial charge in [-0.3, -0.25) is 14.4 Å². The monoisotopic (exact) mass is 558 g/mol. The van der Waals surface area contributed by atoms with E-state index >= 15 is 0 Å². The average Bonchev–Trinajstić information content (AvgIpc) is 3.36. The molecule has 3 aromatic rings. The largest absolute Gasteiger partial charge is 0.340 e. The number of sulfonamides is 1. The standard InChI is InChI=1S/C25H27ClN6O3S2/c1-5-37(34,35)31-12-10-30(11-13-31)21(33)14-20-24-29-28-17(4)32(24)25-22(15(2)16(3)36-25)23(27-20)18-6-8-19(26)9-7-18/h5-9,20H,1,10-14H2,2-4H3/t20-/m0/s1. The van der Waals surface area contributed by atoms with Gasteiger partial charge in [0.2, 0.25) is 15.9 Å². The number of aromatic nitrogens is 3. The van der Waals surface area contributed by atoms with E-state index in [4.69, 9.17) is 16.6 Å². The Labute approximate surface area is 225 Å². The summed E-state index contributed by atoms with van der Waals surface area (Å²) in [5.74, 6) is 1.24. The van der Waals surface area contributed by atoms with Crippen molar-refractivity contribution in [2.24, 2.45) is 4.99 Å². The van der Waals surface area contributed by atoms with E-state index in [1.165, 1.54) is 9.18 Å². The molecule has 1 fully saturated rings. The number of carbonyl (C=O) groups excluding carboxylic acids is 1. The summed E-state index contributed by atoms with van der Waals surface area (Å²) in [6.07, 6.45) is 0.0937. The molecule has 1 aromatic carbocycles. The Morgan fingerprint density at radius 1 is 1.14 bits per heavy atom. The zero-order valence-electron chi connectivity index (χ0n) is 20.8. The van der Waals surface area contributed by atoms with Crippen LogP contribution in [0.25, 0.3) is 5.00 Å². The highest BCUT2D eigenvalue weighted by atomic mass is 35.5. The van der Waals surface area contributed by atoms with Gasteiger partial charge in [-0.05, 0) is 38.5 Å². The van der Waals surface area contributed by atoms with E-state index in [9.17, 15) is 13.2 Å². The Hall–Kier alpha value is -2.86. The molecule has 4 heterocycles. The number of aliphatic imine (C=N–C) groups is 1. The lowest BCUT2D eigenvalue weighted by molar-refractivity contribution is -0.132. The Morgan fingerprint density at radius 2 is 1.81 bits per heavy atom. The number of aryl methyl sites for hydroxylation is 2. The van der Waals surface area contributed by atoms with Crippen molar-refractivity contribution in [1.82, 2.24) is 24.0 Å². The predicted octanol–water partition coefficient (Wildman–Crippen LogP) is 3.81. The molecule has 2 aliphatic heterocycles. The maximum Gasteiger partial charge on any atom is 0.235 e. The van der Waals surface area contributed by atoms with Crippen molar-refractivity contribution in [3.8, 4) is 5.00 Å².